The Morgan fingerprint density at radius 1 is 0.640 bits per heavy atom. The molecule has 3 aromatic rings. The molecule has 25 heavy (non-hydrogen) atoms. The molecule has 0 spiro atoms. The third-order valence-electron chi connectivity index (χ3n) is 4.51. The number of rotatable bonds is 7. The Kier molecular flexibility index (Phi) is 5.73. The first-order chi connectivity index (χ1) is 12.3. The van der Waals surface area contributed by atoms with Crippen molar-refractivity contribution in [1.29, 1.82) is 0 Å². The summed E-state index contributed by atoms with van der Waals surface area (Å²) in [5, 5.41) is 0. The number of methoxy groups -OCH3 is 2. The van der Waals surface area contributed by atoms with Crippen LogP contribution < -0.4 is 9.47 Å². The predicted molar refractivity (Wildman–Crippen MR) is 103 cm³/mol. The fourth-order valence-corrected chi connectivity index (χ4v) is 3.19. The second-order valence-electron chi connectivity index (χ2n) is 6.22. The van der Waals surface area contributed by atoms with Crippen molar-refractivity contribution in [3.05, 3.63) is 95.6 Å². The summed E-state index contributed by atoms with van der Waals surface area (Å²) in [7, 11) is 3.43. The number of hydrogen-bond acceptors (Lipinski definition) is 2. The monoisotopic (exact) mass is 332 g/mol. The lowest BCUT2D eigenvalue weighted by Gasteiger charge is -2.19. The van der Waals surface area contributed by atoms with Crippen LogP contribution in [0.25, 0.3) is 0 Å². The molecule has 2 nitrogen and oxygen atoms in total. The van der Waals surface area contributed by atoms with Crippen LogP contribution in [-0.2, 0) is 12.8 Å². The summed E-state index contributed by atoms with van der Waals surface area (Å²) in [5.74, 6) is 2.19. The van der Waals surface area contributed by atoms with Crippen LogP contribution in [-0.4, -0.2) is 14.2 Å². The summed E-state index contributed by atoms with van der Waals surface area (Å²) in [4.78, 5) is 0. The summed E-state index contributed by atoms with van der Waals surface area (Å²) in [5.41, 5.74) is 3.92. The van der Waals surface area contributed by atoms with Gasteiger partial charge in [0.1, 0.15) is 11.5 Å². The van der Waals surface area contributed by atoms with Crippen LogP contribution in [0.5, 0.6) is 11.5 Å². The topological polar surface area (TPSA) is 18.5 Å². The zero-order valence-electron chi connectivity index (χ0n) is 14.8. The molecule has 0 fully saturated rings. The van der Waals surface area contributed by atoms with E-state index in [9.17, 15) is 0 Å². The van der Waals surface area contributed by atoms with Gasteiger partial charge in [0, 0.05) is 0 Å². The third-order valence-corrected chi connectivity index (χ3v) is 4.51. The quantitative estimate of drug-likeness (QED) is 0.586. The van der Waals surface area contributed by atoms with E-state index in [1.54, 1.807) is 14.2 Å². The minimum Gasteiger partial charge on any atom is -0.497 e. The van der Waals surface area contributed by atoms with Gasteiger partial charge in [0.05, 0.1) is 14.2 Å². The van der Waals surface area contributed by atoms with Crippen molar-refractivity contribution in [3.8, 4) is 11.5 Å². The van der Waals surface area contributed by atoms with Crippen molar-refractivity contribution in [2.75, 3.05) is 14.2 Å². The molecule has 0 unspecified atom stereocenters. The Morgan fingerprint density at radius 2 is 1.24 bits per heavy atom. The van der Waals surface area contributed by atoms with Gasteiger partial charge in [-0.05, 0) is 59.7 Å². The average Bonchev–Trinajstić information content (AvgIpc) is 2.68. The van der Waals surface area contributed by atoms with E-state index >= 15 is 0 Å². The van der Waals surface area contributed by atoms with E-state index in [0.717, 1.165) is 24.3 Å². The Balaban J connectivity index is 1.90. The second kappa shape index (κ2) is 8.39. The van der Waals surface area contributed by atoms with E-state index in [4.69, 9.17) is 9.47 Å². The molecule has 2 heteroatoms. The minimum atomic E-state index is 0.379. The van der Waals surface area contributed by atoms with Crippen LogP contribution in [0.15, 0.2) is 78.9 Å². The van der Waals surface area contributed by atoms with E-state index in [1.165, 1.54) is 16.7 Å². The van der Waals surface area contributed by atoms with Crippen molar-refractivity contribution in [3.63, 3.8) is 0 Å². The van der Waals surface area contributed by atoms with Gasteiger partial charge in [-0.25, -0.2) is 0 Å². The van der Waals surface area contributed by atoms with Crippen LogP contribution >= 0.6 is 0 Å². The molecule has 0 aliphatic heterocycles. The van der Waals surface area contributed by atoms with Gasteiger partial charge >= 0.3 is 0 Å². The number of ether oxygens (including phenoxy) is 2. The van der Waals surface area contributed by atoms with Crippen LogP contribution in [0.4, 0.5) is 0 Å². The molecule has 0 aliphatic rings. The zero-order valence-corrected chi connectivity index (χ0v) is 14.8. The molecule has 3 aromatic carbocycles. The maximum absolute atomic E-state index is 5.42. The van der Waals surface area contributed by atoms with E-state index in [-0.39, 0.29) is 0 Å². The average molecular weight is 332 g/mol. The largest absolute Gasteiger partial charge is 0.497 e. The fourth-order valence-electron chi connectivity index (χ4n) is 3.19. The van der Waals surface area contributed by atoms with Gasteiger partial charge in [-0.3, -0.25) is 0 Å². The highest BCUT2D eigenvalue weighted by atomic mass is 16.5. The predicted octanol–water partition coefficient (Wildman–Crippen LogP) is 5.27. The van der Waals surface area contributed by atoms with Gasteiger partial charge in [0.15, 0.2) is 0 Å². The van der Waals surface area contributed by atoms with Crippen LogP contribution in [0.3, 0.4) is 0 Å². The van der Waals surface area contributed by atoms with Gasteiger partial charge in [0.2, 0.25) is 0 Å². The normalized spacial score (nSPS) is 11.8. The number of hydrogen-bond donors (Lipinski definition) is 0. The van der Waals surface area contributed by atoms with E-state index in [0.29, 0.717) is 5.92 Å². The number of benzene rings is 3. The van der Waals surface area contributed by atoms with Gasteiger partial charge in [0.25, 0.3) is 0 Å². The molecule has 0 N–H and O–H groups in total. The standard InChI is InChI=1S/C23H24O2/c1-24-22-12-6-10-19(16-22)15-21(14-18-8-4-3-5-9-18)20-11-7-13-23(17-20)25-2/h3-13,16-17,21H,14-15H2,1-2H3/t21-/m0/s1. The lowest BCUT2D eigenvalue weighted by atomic mass is 9.86. The molecule has 1 atom stereocenters. The Hall–Kier alpha value is -2.74. The van der Waals surface area contributed by atoms with Crippen LogP contribution in [0.1, 0.15) is 22.6 Å². The first-order valence-electron chi connectivity index (χ1n) is 8.59. The van der Waals surface area contributed by atoms with Crippen molar-refractivity contribution < 1.29 is 9.47 Å². The summed E-state index contributed by atoms with van der Waals surface area (Å²) in [6, 6.07) is 27.4. The molecule has 0 aromatic heterocycles. The highest BCUT2D eigenvalue weighted by Crippen LogP contribution is 2.29. The van der Waals surface area contributed by atoms with E-state index in [2.05, 4.69) is 66.7 Å². The Labute approximate surface area is 150 Å². The molecule has 3 rings (SSSR count). The van der Waals surface area contributed by atoms with Gasteiger partial charge < -0.3 is 9.47 Å². The highest BCUT2D eigenvalue weighted by molar-refractivity contribution is 5.35. The lowest BCUT2D eigenvalue weighted by molar-refractivity contribution is 0.413. The van der Waals surface area contributed by atoms with Gasteiger partial charge in [-0.15, -0.1) is 0 Å². The lowest BCUT2D eigenvalue weighted by Crippen LogP contribution is -2.07. The third kappa shape index (κ3) is 4.63. The molecule has 0 aliphatic carbocycles. The maximum atomic E-state index is 5.42. The second-order valence-corrected chi connectivity index (χ2v) is 6.22. The Morgan fingerprint density at radius 3 is 1.96 bits per heavy atom. The molecular weight excluding hydrogens is 308 g/mol. The Bertz CT molecular complexity index is 796. The molecule has 0 saturated heterocycles. The van der Waals surface area contributed by atoms with Gasteiger partial charge in [-0.2, -0.15) is 0 Å². The molecule has 128 valence electrons. The van der Waals surface area contributed by atoms with Crippen molar-refractivity contribution in [2.45, 2.75) is 18.8 Å². The smallest absolute Gasteiger partial charge is 0.119 e. The fraction of sp³-hybridized carbons (Fsp3) is 0.217. The summed E-state index contributed by atoms with van der Waals surface area (Å²) in [6.07, 6.45) is 1.95. The van der Waals surface area contributed by atoms with Crippen LogP contribution in [0, 0.1) is 0 Å². The highest BCUT2D eigenvalue weighted by Gasteiger charge is 2.15. The molecule has 0 heterocycles. The van der Waals surface area contributed by atoms with Crippen molar-refractivity contribution in [1.82, 2.24) is 0 Å². The summed E-state index contributed by atoms with van der Waals surface area (Å²) >= 11 is 0. The SMILES string of the molecule is COc1cccc(C[C@H](Cc2ccccc2)c2cccc(OC)c2)c1. The van der Waals surface area contributed by atoms with Crippen molar-refractivity contribution >= 4 is 0 Å². The summed E-state index contributed by atoms with van der Waals surface area (Å²) in [6.45, 7) is 0. The molecule has 0 amide bonds. The molecular formula is C23H24O2. The first-order valence-corrected chi connectivity index (χ1v) is 8.59. The van der Waals surface area contributed by atoms with Gasteiger partial charge in [-0.1, -0.05) is 54.6 Å². The molecule has 0 radical (unpaired) electrons. The van der Waals surface area contributed by atoms with E-state index < -0.39 is 0 Å². The van der Waals surface area contributed by atoms with E-state index in [1.807, 2.05) is 12.1 Å². The summed E-state index contributed by atoms with van der Waals surface area (Å²) < 4.78 is 10.8. The minimum absolute atomic E-state index is 0.379. The maximum Gasteiger partial charge on any atom is 0.119 e. The molecule has 0 bridgehead atoms. The van der Waals surface area contributed by atoms with Crippen LogP contribution in [0.2, 0.25) is 0 Å². The first kappa shape index (κ1) is 17.1. The zero-order chi connectivity index (χ0) is 17.5. The molecule has 0 saturated carbocycles. The van der Waals surface area contributed by atoms with Crippen molar-refractivity contribution in [2.24, 2.45) is 0 Å².